The van der Waals surface area contributed by atoms with Crippen LogP contribution >= 0.6 is 0 Å². The van der Waals surface area contributed by atoms with Gasteiger partial charge in [-0.2, -0.15) is 0 Å². The highest BCUT2D eigenvalue weighted by molar-refractivity contribution is 5.82. The van der Waals surface area contributed by atoms with Gasteiger partial charge in [-0.1, -0.05) is 13.8 Å². The van der Waals surface area contributed by atoms with Gasteiger partial charge in [0.1, 0.15) is 0 Å². The van der Waals surface area contributed by atoms with Gasteiger partial charge in [0.2, 0.25) is 5.91 Å². The van der Waals surface area contributed by atoms with Gasteiger partial charge in [-0.3, -0.25) is 4.79 Å². The normalized spacial score (nSPS) is 30.7. The minimum Gasteiger partial charge on any atom is -0.336 e. The molecule has 2 fully saturated rings. The van der Waals surface area contributed by atoms with E-state index in [0.717, 1.165) is 13.1 Å². The van der Waals surface area contributed by atoms with Crippen molar-refractivity contribution in [1.82, 2.24) is 15.1 Å². The summed E-state index contributed by atoms with van der Waals surface area (Å²) in [7, 11) is 0. The monoisotopic (exact) mass is 295 g/mol. The van der Waals surface area contributed by atoms with Crippen LogP contribution in [-0.4, -0.2) is 53.0 Å². The van der Waals surface area contributed by atoms with Gasteiger partial charge in [-0.05, 0) is 39.0 Å². The molecular weight excluding hydrogens is 266 g/mol. The van der Waals surface area contributed by atoms with Crippen LogP contribution in [0.25, 0.3) is 0 Å². The van der Waals surface area contributed by atoms with E-state index in [1.165, 1.54) is 6.42 Å². The van der Waals surface area contributed by atoms with Crippen molar-refractivity contribution in [1.29, 1.82) is 0 Å². The van der Waals surface area contributed by atoms with E-state index in [9.17, 15) is 9.59 Å². The number of urea groups is 1. The van der Waals surface area contributed by atoms with Gasteiger partial charge < -0.3 is 15.1 Å². The molecule has 0 aromatic carbocycles. The van der Waals surface area contributed by atoms with Crippen molar-refractivity contribution in [3.8, 4) is 0 Å². The summed E-state index contributed by atoms with van der Waals surface area (Å²) in [4.78, 5) is 28.2. The molecule has 120 valence electrons. The number of nitrogens with zero attached hydrogens (tertiary/aromatic N) is 2. The van der Waals surface area contributed by atoms with Crippen molar-refractivity contribution < 1.29 is 9.59 Å². The fourth-order valence-electron chi connectivity index (χ4n) is 3.55. The van der Waals surface area contributed by atoms with Gasteiger partial charge in [-0.25, -0.2) is 4.79 Å². The summed E-state index contributed by atoms with van der Waals surface area (Å²) in [6, 6.07) is -0.0706. The van der Waals surface area contributed by atoms with Gasteiger partial charge in [0.25, 0.3) is 0 Å². The molecule has 0 radical (unpaired) electrons. The van der Waals surface area contributed by atoms with Crippen molar-refractivity contribution in [2.75, 3.05) is 19.6 Å². The van der Waals surface area contributed by atoms with E-state index in [-0.39, 0.29) is 23.5 Å². The highest BCUT2D eigenvalue weighted by Gasteiger charge is 2.37. The molecule has 2 rings (SSSR count). The number of hydrogen-bond donors (Lipinski definition) is 1. The van der Waals surface area contributed by atoms with E-state index in [4.69, 9.17) is 0 Å². The molecule has 3 unspecified atom stereocenters. The Bertz CT molecular complexity index is 406. The quantitative estimate of drug-likeness (QED) is 0.805. The topological polar surface area (TPSA) is 52.7 Å². The maximum absolute atomic E-state index is 12.4. The molecule has 2 aliphatic heterocycles. The number of nitrogens with one attached hydrogen (secondary N) is 1. The third-order valence-corrected chi connectivity index (χ3v) is 4.42. The fourth-order valence-corrected chi connectivity index (χ4v) is 3.55. The Labute approximate surface area is 128 Å². The number of rotatable bonds is 1. The largest absolute Gasteiger partial charge is 0.336 e. The standard InChI is InChI=1S/C16H29N3O2/c1-11-6-12(2)9-18(8-11)15(21)17-13-7-14(20)19(10-13)16(3,4)5/h11-13H,6-10H2,1-5H3,(H,17,21). The Morgan fingerprint density at radius 1 is 1.14 bits per heavy atom. The highest BCUT2D eigenvalue weighted by atomic mass is 16.2. The molecule has 0 spiro atoms. The summed E-state index contributed by atoms with van der Waals surface area (Å²) in [6.07, 6.45) is 1.60. The third kappa shape index (κ3) is 3.89. The van der Waals surface area contributed by atoms with E-state index < -0.39 is 0 Å². The molecule has 0 saturated carbocycles. The molecule has 2 aliphatic rings. The first-order valence-electron chi connectivity index (χ1n) is 8.02. The van der Waals surface area contributed by atoms with Gasteiger partial charge in [0.15, 0.2) is 0 Å². The van der Waals surface area contributed by atoms with E-state index >= 15 is 0 Å². The van der Waals surface area contributed by atoms with E-state index in [1.54, 1.807) is 0 Å². The lowest BCUT2D eigenvalue weighted by molar-refractivity contribution is -0.131. The van der Waals surface area contributed by atoms with Crippen LogP contribution in [0, 0.1) is 11.8 Å². The van der Waals surface area contributed by atoms with Crippen LogP contribution in [-0.2, 0) is 4.79 Å². The number of amides is 3. The summed E-state index contributed by atoms with van der Waals surface area (Å²) in [5.74, 6) is 1.24. The molecule has 5 heteroatoms. The van der Waals surface area contributed by atoms with Gasteiger partial charge >= 0.3 is 6.03 Å². The smallest absolute Gasteiger partial charge is 0.317 e. The summed E-state index contributed by atoms with van der Waals surface area (Å²) >= 11 is 0. The first kappa shape index (κ1) is 16.1. The van der Waals surface area contributed by atoms with Crippen LogP contribution in [0.1, 0.15) is 47.5 Å². The predicted octanol–water partition coefficient (Wildman–Crippen LogP) is 2.07. The summed E-state index contributed by atoms with van der Waals surface area (Å²) in [5, 5.41) is 3.05. The molecular formula is C16H29N3O2. The zero-order valence-corrected chi connectivity index (χ0v) is 14.0. The Morgan fingerprint density at radius 2 is 1.71 bits per heavy atom. The molecule has 0 bridgehead atoms. The van der Waals surface area contributed by atoms with Gasteiger partial charge in [-0.15, -0.1) is 0 Å². The van der Waals surface area contributed by atoms with Crippen LogP contribution < -0.4 is 5.32 Å². The molecule has 2 saturated heterocycles. The lowest BCUT2D eigenvalue weighted by Gasteiger charge is -2.36. The zero-order chi connectivity index (χ0) is 15.8. The predicted molar refractivity (Wildman–Crippen MR) is 82.9 cm³/mol. The lowest BCUT2D eigenvalue weighted by atomic mass is 9.92. The number of likely N-dealkylation sites (tertiary alicyclic amines) is 2. The third-order valence-electron chi connectivity index (χ3n) is 4.42. The second kappa shape index (κ2) is 5.85. The molecule has 0 aromatic heterocycles. The molecule has 0 aromatic rings. The first-order valence-corrected chi connectivity index (χ1v) is 8.02. The van der Waals surface area contributed by atoms with Crippen LogP contribution in [0.5, 0.6) is 0 Å². The Kier molecular flexibility index (Phi) is 4.49. The number of carbonyl (C=O) groups excluding carboxylic acids is 2. The maximum atomic E-state index is 12.4. The summed E-state index contributed by atoms with van der Waals surface area (Å²) < 4.78 is 0. The molecule has 2 heterocycles. The Balaban J connectivity index is 1.91. The minimum atomic E-state index is -0.176. The summed E-state index contributed by atoms with van der Waals surface area (Å²) in [6.45, 7) is 12.7. The fraction of sp³-hybridized carbons (Fsp3) is 0.875. The Hall–Kier alpha value is -1.26. The zero-order valence-electron chi connectivity index (χ0n) is 14.0. The van der Waals surface area contributed by atoms with Crippen LogP contribution in [0.4, 0.5) is 4.79 Å². The highest BCUT2D eigenvalue weighted by Crippen LogP contribution is 2.23. The van der Waals surface area contributed by atoms with Crippen LogP contribution in [0.2, 0.25) is 0 Å². The van der Waals surface area contributed by atoms with Crippen molar-refractivity contribution in [3.63, 3.8) is 0 Å². The number of carbonyl (C=O) groups is 2. The van der Waals surface area contributed by atoms with E-state index in [2.05, 4.69) is 19.2 Å². The average molecular weight is 295 g/mol. The number of piperidine rings is 1. The molecule has 5 nitrogen and oxygen atoms in total. The van der Waals surface area contributed by atoms with Crippen LogP contribution in [0.3, 0.4) is 0 Å². The minimum absolute atomic E-state index is 0.0121. The Morgan fingerprint density at radius 3 is 2.19 bits per heavy atom. The SMILES string of the molecule is CC1CC(C)CN(C(=O)NC2CC(=O)N(C(C)(C)C)C2)C1. The van der Waals surface area contributed by atoms with Gasteiger partial charge in [0, 0.05) is 31.6 Å². The molecule has 3 atom stereocenters. The van der Waals surface area contributed by atoms with Crippen molar-refractivity contribution in [2.45, 2.75) is 59.0 Å². The van der Waals surface area contributed by atoms with Gasteiger partial charge in [0.05, 0.1) is 6.04 Å². The van der Waals surface area contributed by atoms with Crippen molar-refractivity contribution in [3.05, 3.63) is 0 Å². The maximum Gasteiger partial charge on any atom is 0.317 e. The average Bonchev–Trinajstić information content (AvgIpc) is 2.68. The molecule has 0 aliphatic carbocycles. The first-order chi connectivity index (χ1) is 9.66. The molecule has 3 amide bonds. The lowest BCUT2D eigenvalue weighted by Crippen LogP contribution is -2.51. The molecule has 1 N–H and O–H groups in total. The van der Waals surface area contributed by atoms with Crippen molar-refractivity contribution in [2.24, 2.45) is 11.8 Å². The van der Waals surface area contributed by atoms with Crippen molar-refractivity contribution >= 4 is 11.9 Å². The van der Waals surface area contributed by atoms with E-state index in [1.807, 2.05) is 30.6 Å². The second-order valence-corrected chi connectivity index (χ2v) is 7.88. The molecule has 21 heavy (non-hydrogen) atoms. The second-order valence-electron chi connectivity index (χ2n) is 7.88. The summed E-state index contributed by atoms with van der Waals surface area (Å²) in [5.41, 5.74) is -0.176. The number of hydrogen-bond acceptors (Lipinski definition) is 2. The van der Waals surface area contributed by atoms with Crippen LogP contribution in [0.15, 0.2) is 0 Å². The van der Waals surface area contributed by atoms with E-state index in [0.29, 0.717) is 24.8 Å².